The van der Waals surface area contributed by atoms with Gasteiger partial charge in [0, 0.05) is 6.04 Å². The van der Waals surface area contributed by atoms with Crippen molar-refractivity contribution in [2.75, 3.05) is 13.1 Å². The summed E-state index contributed by atoms with van der Waals surface area (Å²) in [5.74, 6) is 0. The number of rotatable bonds is 1. The molecular formula is C11H21NO. The molecule has 2 heteroatoms. The molecule has 1 aliphatic heterocycles. The van der Waals surface area contributed by atoms with Crippen molar-refractivity contribution in [3.8, 4) is 0 Å². The van der Waals surface area contributed by atoms with Crippen LogP contribution < -0.4 is 0 Å². The monoisotopic (exact) mass is 183 g/mol. The number of hydrogen-bond acceptors (Lipinski definition) is 2. The van der Waals surface area contributed by atoms with Gasteiger partial charge in [-0.05, 0) is 44.2 Å². The smallest absolute Gasteiger partial charge is 0.0746 e. The molecule has 2 fully saturated rings. The fraction of sp³-hybridized carbons (Fsp3) is 1.00. The zero-order chi connectivity index (χ0) is 9.47. The Morgan fingerprint density at radius 2 is 1.85 bits per heavy atom. The maximum atomic E-state index is 10.1. The Morgan fingerprint density at radius 3 is 2.31 bits per heavy atom. The maximum absolute atomic E-state index is 10.1. The van der Waals surface area contributed by atoms with E-state index in [1.807, 2.05) is 0 Å². The highest BCUT2D eigenvalue weighted by Crippen LogP contribution is 2.40. The van der Waals surface area contributed by atoms with E-state index in [9.17, 15) is 5.11 Å². The van der Waals surface area contributed by atoms with Crippen LogP contribution in [0.25, 0.3) is 0 Å². The highest BCUT2D eigenvalue weighted by atomic mass is 16.3. The van der Waals surface area contributed by atoms with Crippen LogP contribution in [0, 0.1) is 5.41 Å². The summed E-state index contributed by atoms with van der Waals surface area (Å²) in [6.07, 6.45) is 4.90. The van der Waals surface area contributed by atoms with Crippen LogP contribution in [0.3, 0.4) is 0 Å². The van der Waals surface area contributed by atoms with Crippen LogP contribution in [0.4, 0.5) is 0 Å². The van der Waals surface area contributed by atoms with Crippen molar-refractivity contribution in [3.05, 3.63) is 0 Å². The lowest BCUT2D eigenvalue weighted by molar-refractivity contribution is 0.0225. The molecule has 0 amide bonds. The van der Waals surface area contributed by atoms with Gasteiger partial charge in [-0.3, -0.25) is 4.90 Å². The van der Waals surface area contributed by atoms with E-state index in [2.05, 4.69) is 18.7 Å². The predicted molar refractivity (Wildman–Crippen MR) is 53.6 cm³/mol. The van der Waals surface area contributed by atoms with Crippen molar-refractivity contribution in [2.24, 2.45) is 5.41 Å². The molecule has 13 heavy (non-hydrogen) atoms. The molecule has 2 atom stereocenters. The summed E-state index contributed by atoms with van der Waals surface area (Å²) in [6.45, 7) is 6.79. The van der Waals surface area contributed by atoms with Crippen molar-refractivity contribution in [1.82, 2.24) is 4.90 Å². The lowest BCUT2D eigenvalue weighted by Gasteiger charge is -2.31. The molecule has 0 spiro atoms. The maximum Gasteiger partial charge on any atom is 0.0746 e. The second-order valence-electron chi connectivity index (χ2n) is 5.28. The molecule has 2 unspecified atom stereocenters. The Bertz CT molecular complexity index is 185. The minimum Gasteiger partial charge on any atom is -0.391 e. The summed E-state index contributed by atoms with van der Waals surface area (Å²) < 4.78 is 0. The molecule has 76 valence electrons. The van der Waals surface area contributed by atoms with Gasteiger partial charge in [-0.25, -0.2) is 0 Å². The Hall–Kier alpha value is -0.0800. The van der Waals surface area contributed by atoms with E-state index < -0.39 is 0 Å². The molecule has 1 N–H and O–H groups in total. The third-order valence-corrected chi connectivity index (χ3v) is 3.86. The second kappa shape index (κ2) is 3.25. The zero-order valence-electron chi connectivity index (χ0n) is 8.79. The number of likely N-dealkylation sites (tertiary alicyclic amines) is 1. The molecule has 0 aromatic heterocycles. The van der Waals surface area contributed by atoms with Gasteiger partial charge in [-0.1, -0.05) is 13.8 Å². The molecule has 0 bridgehead atoms. The number of aliphatic hydroxyl groups is 1. The first-order chi connectivity index (χ1) is 6.11. The largest absolute Gasteiger partial charge is 0.391 e. The van der Waals surface area contributed by atoms with Crippen molar-refractivity contribution in [2.45, 2.75) is 51.7 Å². The van der Waals surface area contributed by atoms with Crippen molar-refractivity contribution >= 4 is 0 Å². The van der Waals surface area contributed by atoms with E-state index in [1.54, 1.807) is 0 Å². The minimum atomic E-state index is -0.106. The molecular weight excluding hydrogens is 162 g/mol. The fourth-order valence-electron chi connectivity index (χ4n) is 2.80. The van der Waals surface area contributed by atoms with Crippen LogP contribution in [0.15, 0.2) is 0 Å². The second-order valence-corrected chi connectivity index (χ2v) is 5.28. The van der Waals surface area contributed by atoms with Crippen LogP contribution in [0.2, 0.25) is 0 Å². The summed E-state index contributed by atoms with van der Waals surface area (Å²) in [6, 6.07) is 0.456. The van der Waals surface area contributed by atoms with Gasteiger partial charge in [0.15, 0.2) is 0 Å². The van der Waals surface area contributed by atoms with Gasteiger partial charge in [0.05, 0.1) is 6.10 Å². The quantitative estimate of drug-likeness (QED) is 0.668. The van der Waals surface area contributed by atoms with Crippen molar-refractivity contribution in [1.29, 1.82) is 0 Å². The first kappa shape index (κ1) is 9.47. The highest BCUT2D eigenvalue weighted by Gasteiger charge is 2.43. The summed E-state index contributed by atoms with van der Waals surface area (Å²) in [5.41, 5.74) is 0.146. The topological polar surface area (TPSA) is 23.5 Å². The third kappa shape index (κ3) is 1.62. The Kier molecular flexibility index (Phi) is 2.37. The van der Waals surface area contributed by atoms with Gasteiger partial charge in [0.1, 0.15) is 0 Å². The SMILES string of the molecule is CC1(C)CCC(N2CCCC2)C1O. The van der Waals surface area contributed by atoms with E-state index in [1.165, 1.54) is 38.8 Å². The lowest BCUT2D eigenvalue weighted by atomic mass is 9.89. The standard InChI is InChI=1S/C11H21NO/c1-11(2)6-5-9(10(11)13)12-7-3-4-8-12/h9-10,13H,3-8H2,1-2H3. The van der Waals surface area contributed by atoms with Gasteiger partial charge < -0.3 is 5.11 Å². The minimum absolute atomic E-state index is 0.106. The molecule has 0 aromatic carbocycles. The van der Waals surface area contributed by atoms with Crippen molar-refractivity contribution in [3.63, 3.8) is 0 Å². The predicted octanol–water partition coefficient (Wildman–Crippen LogP) is 1.63. The number of aliphatic hydroxyl groups excluding tert-OH is 1. The van der Waals surface area contributed by atoms with Gasteiger partial charge in [-0.2, -0.15) is 0 Å². The summed E-state index contributed by atoms with van der Waals surface area (Å²) in [5, 5.41) is 10.1. The third-order valence-electron chi connectivity index (χ3n) is 3.86. The molecule has 1 heterocycles. The fourth-order valence-corrected chi connectivity index (χ4v) is 2.80. The zero-order valence-corrected chi connectivity index (χ0v) is 8.79. The molecule has 2 aliphatic rings. The van der Waals surface area contributed by atoms with Gasteiger partial charge in [-0.15, -0.1) is 0 Å². The Balaban J connectivity index is 2.01. The van der Waals surface area contributed by atoms with Crippen LogP contribution in [0.5, 0.6) is 0 Å². The lowest BCUT2D eigenvalue weighted by Crippen LogP contribution is -2.42. The molecule has 2 rings (SSSR count). The normalized spacial score (nSPS) is 39.9. The average molecular weight is 183 g/mol. The number of nitrogens with zero attached hydrogens (tertiary/aromatic N) is 1. The Labute approximate surface area is 80.9 Å². The molecule has 1 saturated heterocycles. The van der Waals surface area contributed by atoms with E-state index in [0.29, 0.717) is 6.04 Å². The molecule has 0 radical (unpaired) electrons. The van der Waals surface area contributed by atoms with Crippen molar-refractivity contribution < 1.29 is 5.11 Å². The van der Waals surface area contributed by atoms with E-state index in [0.717, 1.165) is 0 Å². The first-order valence-corrected chi connectivity index (χ1v) is 5.53. The first-order valence-electron chi connectivity index (χ1n) is 5.53. The molecule has 0 aromatic rings. The Morgan fingerprint density at radius 1 is 1.23 bits per heavy atom. The van der Waals surface area contributed by atoms with Crippen LogP contribution in [0.1, 0.15) is 39.5 Å². The molecule has 1 saturated carbocycles. The van der Waals surface area contributed by atoms with Crippen LogP contribution >= 0.6 is 0 Å². The number of hydrogen-bond donors (Lipinski definition) is 1. The van der Waals surface area contributed by atoms with Gasteiger partial charge >= 0.3 is 0 Å². The average Bonchev–Trinajstić information content (AvgIpc) is 2.63. The highest BCUT2D eigenvalue weighted by molar-refractivity contribution is 4.97. The van der Waals surface area contributed by atoms with Crippen LogP contribution in [-0.4, -0.2) is 35.2 Å². The van der Waals surface area contributed by atoms with E-state index in [-0.39, 0.29) is 11.5 Å². The summed E-state index contributed by atoms with van der Waals surface area (Å²) in [7, 11) is 0. The van der Waals surface area contributed by atoms with Crippen LogP contribution in [-0.2, 0) is 0 Å². The van der Waals surface area contributed by atoms with E-state index in [4.69, 9.17) is 0 Å². The molecule has 2 nitrogen and oxygen atoms in total. The van der Waals surface area contributed by atoms with Gasteiger partial charge in [0.2, 0.25) is 0 Å². The molecule has 1 aliphatic carbocycles. The van der Waals surface area contributed by atoms with Gasteiger partial charge in [0.25, 0.3) is 0 Å². The van der Waals surface area contributed by atoms with E-state index >= 15 is 0 Å². The summed E-state index contributed by atoms with van der Waals surface area (Å²) >= 11 is 0. The summed E-state index contributed by atoms with van der Waals surface area (Å²) in [4.78, 5) is 2.49.